The van der Waals surface area contributed by atoms with E-state index in [1.807, 2.05) is 0 Å². The lowest BCUT2D eigenvalue weighted by Crippen LogP contribution is -2.38. The van der Waals surface area contributed by atoms with Crippen molar-refractivity contribution < 1.29 is 24.3 Å². The Hall–Kier alpha value is -2.22. The number of hydrogen-bond acceptors (Lipinski definition) is 5. The first-order valence-corrected chi connectivity index (χ1v) is 4.27. The largest absolute Gasteiger partial charge is 0.481 e. The highest BCUT2D eigenvalue weighted by atomic mass is 16.4. The fourth-order valence-electron chi connectivity index (χ4n) is 1.17. The molecule has 0 aliphatic carbocycles. The molecule has 0 aromatic rings. The van der Waals surface area contributed by atoms with Crippen molar-refractivity contribution in [1.29, 1.82) is 0 Å². The molecule has 86 valence electrons. The van der Waals surface area contributed by atoms with Crippen LogP contribution in [0.15, 0.2) is 11.6 Å². The van der Waals surface area contributed by atoms with Gasteiger partial charge in [0.2, 0.25) is 0 Å². The molecular weight excluding hydrogens is 218 g/mol. The van der Waals surface area contributed by atoms with Gasteiger partial charge in [-0.25, -0.2) is 5.84 Å². The number of nitrogens with one attached hydrogen (secondary N) is 1. The second-order valence-electron chi connectivity index (χ2n) is 2.97. The summed E-state index contributed by atoms with van der Waals surface area (Å²) in [7, 11) is 0. The molecule has 4 N–H and O–H groups in total. The Kier molecular flexibility index (Phi) is 3.36. The number of nitrogens with two attached hydrogens (primary N) is 1. The maximum absolute atomic E-state index is 11.5. The number of aliphatic carboxylic acids is 1. The summed E-state index contributed by atoms with van der Waals surface area (Å²) in [6.45, 7) is -0.273. The molecule has 1 aliphatic rings. The van der Waals surface area contributed by atoms with Crippen LogP contribution < -0.4 is 11.3 Å². The Labute approximate surface area is 89.7 Å². The maximum atomic E-state index is 11.5. The predicted octanol–water partition coefficient (Wildman–Crippen LogP) is -2.25. The molecule has 0 fully saturated rings. The highest BCUT2D eigenvalue weighted by molar-refractivity contribution is 6.29. The van der Waals surface area contributed by atoms with Gasteiger partial charge in [0.25, 0.3) is 17.7 Å². The zero-order chi connectivity index (χ0) is 12.3. The van der Waals surface area contributed by atoms with Crippen LogP contribution in [-0.2, 0) is 19.2 Å². The third-order valence-electron chi connectivity index (χ3n) is 1.93. The van der Waals surface area contributed by atoms with Gasteiger partial charge in [-0.2, -0.15) is 0 Å². The number of carboxylic acid groups (broad SMARTS) is 1. The minimum Gasteiger partial charge on any atom is -0.481 e. The van der Waals surface area contributed by atoms with Gasteiger partial charge in [-0.1, -0.05) is 0 Å². The van der Waals surface area contributed by atoms with Gasteiger partial charge >= 0.3 is 5.97 Å². The number of amides is 3. The number of hydrogen-bond donors (Lipinski definition) is 3. The van der Waals surface area contributed by atoms with Crippen molar-refractivity contribution in [1.82, 2.24) is 10.3 Å². The summed E-state index contributed by atoms with van der Waals surface area (Å²) in [6, 6.07) is 0. The topological polar surface area (TPSA) is 130 Å². The van der Waals surface area contributed by atoms with Gasteiger partial charge in [-0.15, -0.1) is 0 Å². The van der Waals surface area contributed by atoms with E-state index in [9.17, 15) is 19.2 Å². The van der Waals surface area contributed by atoms with Crippen LogP contribution in [0.1, 0.15) is 6.42 Å². The summed E-state index contributed by atoms with van der Waals surface area (Å²) in [5.74, 6) is 1.23. The molecule has 8 nitrogen and oxygen atoms in total. The molecule has 0 bridgehead atoms. The van der Waals surface area contributed by atoms with E-state index in [-0.39, 0.29) is 13.0 Å². The molecule has 0 atom stereocenters. The van der Waals surface area contributed by atoms with E-state index in [0.29, 0.717) is 4.90 Å². The van der Waals surface area contributed by atoms with Crippen LogP contribution in [0.2, 0.25) is 0 Å². The number of imide groups is 1. The van der Waals surface area contributed by atoms with Crippen LogP contribution in [0, 0.1) is 0 Å². The fraction of sp³-hybridized carbons (Fsp3) is 0.250. The number of carboxylic acids is 1. The average molecular weight is 227 g/mol. The summed E-state index contributed by atoms with van der Waals surface area (Å²) in [4.78, 5) is 44.7. The standard InChI is InChI=1S/C8H9N3O5/c9-10-7(15)4-3-5(12)11(8(4)16)2-1-6(13)14/h3H,1-2,9H2,(H,10,15)(H,13,14). The Bertz CT molecular complexity index is 400. The molecule has 0 aromatic carbocycles. The number of carbonyl (C=O) groups is 4. The van der Waals surface area contributed by atoms with Crippen molar-refractivity contribution in [2.75, 3.05) is 6.54 Å². The number of nitrogens with zero attached hydrogens (tertiary/aromatic N) is 1. The Morgan fingerprint density at radius 2 is 2.06 bits per heavy atom. The summed E-state index contributed by atoms with van der Waals surface area (Å²) < 4.78 is 0. The van der Waals surface area contributed by atoms with Crippen LogP contribution in [-0.4, -0.2) is 40.2 Å². The maximum Gasteiger partial charge on any atom is 0.305 e. The summed E-state index contributed by atoms with van der Waals surface area (Å²) in [6.07, 6.45) is 0.454. The number of hydrazine groups is 1. The van der Waals surface area contributed by atoms with E-state index in [1.54, 1.807) is 5.43 Å². The number of rotatable bonds is 4. The Morgan fingerprint density at radius 3 is 2.56 bits per heavy atom. The van der Waals surface area contributed by atoms with Gasteiger partial charge in [0.15, 0.2) is 0 Å². The summed E-state index contributed by atoms with van der Waals surface area (Å²) in [5.41, 5.74) is 1.33. The van der Waals surface area contributed by atoms with E-state index in [4.69, 9.17) is 10.9 Å². The van der Waals surface area contributed by atoms with Crippen LogP contribution in [0.3, 0.4) is 0 Å². The van der Waals surface area contributed by atoms with Crippen molar-refractivity contribution in [2.45, 2.75) is 6.42 Å². The van der Waals surface area contributed by atoms with Gasteiger partial charge < -0.3 is 5.11 Å². The SMILES string of the molecule is NNC(=O)C1=CC(=O)N(CCC(=O)O)C1=O. The minimum absolute atomic E-state index is 0.273. The molecule has 0 saturated carbocycles. The highest BCUT2D eigenvalue weighted by Crippen LogP contribution is 2.12. The van der Waals surface area contributed by atoms with Crippen molar-refractivity contribution in [2.24, 2.45) is 5.84 Å². The lowest BCUT2D eigenvalue weighted by Gasteiger charge is -2.12. The van der Waals surface area contributed by atoms with Crippen molar-refractivity contribution >= 4 is 23.7 Å². The summed E-state index contributed by atoms with van der Waals surface area (Å²) in [5, 5.41) is 8.40. The van der Waals surface area contributed by atoms with Crippen molar-refractivity contribution in [3.63, 3.8) is 0 Å². The first-order valence-electron chi connectivity index (χ1n) is 4.27. The van der Waals surface area contributed by atoms with E-state index >= 15 is 0 Å². The quantitative estimate of drug-likeness (QED) is 0.163. The first-order chi connectivity index (χ1) is 7.47. The molecular formula is C8H9N3O5. The van der Waals surface area contributed by atoms with E-state index < -0.39 is 29.3 Å². The van der Waals surface area contributed by atoms with E-state index in [0.717, 1.165) is 6.08 Å². The minimum atomic E-state index is -1.14. The van der Waals surface area contributed by atoms with Crippen LogP contribution in [0.25, 0.3) is 0 Å². The van der Waals surface area contributed by atoms with Gasteiger partial charge in [0.1, 0.15) is 5.57 Å². The highest BCUT2D eigenvalue weighted by Gasteiger charge is 2.34. The molecule has 3 amide bonds. The second kappa shape index (κ2) is 4.53. The van der Waals surface area contributed by atoms with Gasteiger partial charge in [-0.05, 0) is 0 Å². The second-order valence-corrected chi connectivity index (χ2v) is 2.97. The Balaban J connectivity index is 2.74. The lowest BCUT2D eigenvalue weighted by atomic mass is 10.2. The molecule has 16 heavy (non-hydrogen) atoms. The molecule has 1 rings (SSSR count). The third kappa shape index (κ3) is 2.23. The fourth-order valence-corrected chi connectivity index (χ4v) is 1.17. The Morgan fingerprint density at radius 1 is 1.44 bits per heavy atom. The monoisotopic (exact) mass is 227 g/mol. The molecule has 0 spiro atoms. The van der Waals surface area contributed by atoms with Crippen molar-refractivity contribution in [3.8, 4) is 0 Å². The van der Waals surface area contributed by atoms with E-state index in [1.165, 1.54) is 0 Å². The smallest absolute Gasteiger partial charge is 0.305 e. The van der Waals surface area contributed by atoms with Gasteiger partial charge in [-0.3, -0.25) is 29.5 Å². The summed E-state index contributed by atoms with van der Waals surface area (Å²) >= 11 is 0. The third-order valence-corrected chi connectivity index (χ3v) is 1.93. The molecule has 1 aliphatic heterocycles. The zero-order valence-electron chi connectivity index (χ0n) is 8.10. The predicted molar refractivity (Wildman–Crippen MR) is 49.4 cm³/mol. The average Bonchev–Trinajstić information content (AvgIpc) is 2.51. The van der Waals surface area contributed by atoms with Crippen LogP contribution >= 0.6 is 0 Å². The molecule has 8 heteroatoms. The van der Waals surface area contributed by atoms with E-state index in [2.05, 4.69) is 0 Å². The normalized spacial score (nSPS) is 15.1. The van der Waals surface area contributed by atoms with Gasteiger partial charge in [0, 0.05) is 12.6 Å². The molecule has 0 radical (unpaired) electrons. The van der Waals surface area contributed by atoms with Crippen LogP contribution in [0.5, 0.6) is 0 Å². The lowest BCUT2D eigenvalue weighted by molar-refractivity contribution is -0.140. The number of carbonyl (C=O) groups excluding carboxylic acids is 3. The molecule has 0 aromatic heterocycles. The molecule has 0 unspecified atom stereocenters. The zero-order valence-corrected chi connectivity index (χ0v) is 8.10. The molecule has 1 heterocycles. The van der Waals surface area contributed by atoms with Gasteiger partial charge in [0.05, 0.1) is 6.42 Å². The van der Waals surface area contributed by atoms with Crippen molar-refractivity contribution in [3.05, 3.63) is 11.6 Å². The first kappa shape index (κ1) is 11.9. The molecule has 0 saturated heterocycles. The van der Waals surface area contributed by atoms with Crippen LogP contribution in [0.4, 0.5) is 0 Å².